The minimum atomic E-state index is -0.579. The number of likely N-dealkylation sites (N-methyl/N-ethyl adjacent to an activating group) is 2. The standard InChI is InChI=1S/C12H15FN2O2/c1-8-4-5-10(13)9(6-8)12(17)15(3)7-11(16)14-2/h4-6H,7H2,1-3H3,(H,14,16). The molecule has 0 fully saturated rings. The van der Waals surface area contributed by atoms with Crippen LogP contribution in [0.1, 0.15) is 15.9 Å². The first kappa shape index (κ1) is 13.2. The molecule has 1 aromatic carbocycles. The summed E-state index contributed by atoms with van der Waals surface area (Å²) in [6.45, 7) is 1.68. The van der Waals surface area contributed by atoms with Crippen LogP contribution in [0.2, 0.25) is 0 Å². The van der Waals surface area contributed by atoms with Crippen molar-refractivity contribution < 1.29 is 14.0 Å². The molecule has 0 heterocycles. The van der Waals surface area contributed by atoms with Crippen molar-refractivity contribution in [3.05, 3.63) is 35.1 Å². The van der Waals surface area contributed by atoms with Crippen LogP contribution in [-0.4, -0.2) is 37.4 Å². The summed E-state index contributed by atoms with van der Waals surface area (Å²) in [6.07, 6.45) is 0. The van der Waals surface area contributed by atoms with Crippen LogP contribution in [-0.2, 0) is 4.79 Å². The van der Waals surface area contributed by atoms with E-state index < -0.39 is 11.7 Å². The van der Waals surface area contributed by atoms with Crippen LogP contribution in [0, 0.1) is 12.7 Å². The molecule has 5 heteroatoms. The Balaban J connectivity index is 2.88. The fourth-order valence-corrected chi connectivity index (χ4v) is 1.37. The zero-order valence-electron chi connectivity index (χ0n) is 10.1. The number of benzene rings is 1. The Bertz CT molecular complexity index is 446. The first-order valence-corrected chi connectivity index (χ1v) is 5.18. The third-order valence-corrected chi connectivity index (χ3v) is 2.36. The van der Waals surface area contributed by atoms with Gasteiger partial charge in [-0.15, -0.1) is 0 Å². The Labute approximate surface area is 99.4 Å². The Kier molecular flexibility index (Phi) is 4.20. The molecule has 0 bridgehead atoms. The molecule has 0 aromatic heterocycles. The Hall–Kier alpha value is -1.91. The molecule has 0 aliphatic rings. The number of halogens is 1. The van der Waals surface area contributed by atoms with Crippen molar-refractivity contribution in [2.75, 3.05) is 20.6 Å². The summed E-state index contributed by atoms with van der Waals surface area (Å²) in [5.41, 5.74) is 0.777. The van der Waals surface area contributed by atoms with Gasteiger partial charge >= 0.3 is 0 Å². The molecule has 0 saturated heterocycles. The molecule has 1 aromatic rings. The lowest BCUT2D eigenvalue weighted by Gasteiger charge is -2.16. The predicted molar refractivity (Wildman–Crippen MR) is 62.2 cm³/mol. The van der Waals surface area contributed by atoms with E-state index >= 15 is 0 Å². The molecule has 0 aliphatic heterocycles. The van der Waals surface area contributed by atoms with E-state index in [0.717, 1.165) is 5.56 Å². The van der Waals surface area contributed by atoms with Crippen LogP contribution in [0.4, 0.5) is 4.39 Å². The van der Waals surface area contributed by atoms with Crippen molar-refractivity contribution >= 4 is 11.8 Å². The maximum atomic E-state index is 13.5. The molecule has 2 amide bonds. The molecule has 0 radical (unpaired) electrons. The number of nitrogens with one attached hydrogen (secondary N) is 1. The van der Waals surface area contributed by atoms with Crippen molar-refractivity contribution in [1.82, 2.24) is 10.2 Å². The van der Waals surface area contributed by atoms with Gasteiger partial charge in [0.25, 0.3) is 5.91 Å². The summed E-state index contributed by atoms with van der Waals surface area (Å²) < 4.78 is 13.5. The van der Waals surface area contributed by atoms with Crippen LogP contribution in [0.3, 0.4) is 0 Å². The number of nitrogens with zero attached hydrogens (tertiary/aromatic N) is 1. The molecule has 0 atom stereocenters. The van der Waals surface area contributed by atoms with Gasteiger partial charge in [-0.05, 0) is 19.1 Å². The lowest BCUT2D eigenvalue weighted by molar-refractivity contribution is -0.121. The van der Waals surface area contributed by atoms with Crippen molar-refractivity contribution in [1.29, 1.82) is 0 Å². The summed E-state index contributed by atoms with van der Waals surface area (Å²) in [7, 11) is 2.94. The van der Waals surface area contributed by atoms with Gasteiger partial charge in [-0.25, -0.2) is 4.39 Å². The van der Waals surface area contributed by atoms with Gasteiger partial charge in [-0.2, -0.15) is 0 Å². The minimum absolute atomic E-state index is 0.0172. The van der Waals surface area contributed by atoms with Gasteiger partial charge in [0, 0.05) is 14.1 Å². The summed E-state index contributed by atoms with van der Waals surface area (Å²) in [5.74, 6) is -1.38. The van der Waals surface area contributed by atoms with Crippen LogP contribution in [0.25, 0.3) is 0 Å². The average molecular weight is 238 g/mol. The van der Waals surface area contributed by atoms with Crippen molar-refractivity contribution in [2.45, 2.75) is 6.92 Å². The van der Waals surface area contributed by atoms with Crippen LogP contribution >= 0.6 is 0 Å². The summed E-state index contributed by atoms with van der Waals surface area (Å²) in [5, 5.41) is 2.40. The van der Waals surface area contributed by atoms with Gasteiger partial charge in [0.15, 0.2) is 0 Å². The third kappa shape index (κ3) is 3.27. The number of amides is 2. The molecule has 1 rings (SSSR count). The lowest BCUT2D eigenvalue weighted by Crippen LogP contribution is -2.37. The van der Waals surface area contributed by atoms with E-state index in [1.165, 1.54) is 31.1 Å². The second-order valence-corrected chi connectivity index (χ2v) is 3.82. The van der Waals surface area contributed by atoms with E-state index in [1.807, 2.05) is 0 Å². The van der Waals surface area contributed by atoms with E-state index in [0.29, 0.717) is 0 Å². The zero-order valence-corrected chi connectivity index (χ0v) is 10.1. The SMILES string of the molecule is CNC(=O)CN(C)C(=O)c1cc(C)ccc1F. The number of carbonyl (C=O) groups excluding carboxylic acids is 2. The first-order chi connectivity index (χ1) is 7.95. The molecule has 0 unspecified atom stereocenters. The quantitative estimate of drug-likeness (QED) is 0.852. The van der Waals surface area contributed by atoms with Gasteiger partial charge in [0.1, 0.15) is 5.82 Å². The van der Waals surface area contributed by atoms with E-state index in [4.69, 9.17) is 0 Å². The van der Waals surface area contributed by atoms with E-state index in [2.05, 4.69) is 5.32 Å². The molecule has 4 nitrogen and oxygen atoms in total. The fraction of sp³-hybridized carbons (Fsp3) is 0.333. The Morgan fingerprint density at radius 3 is 2.65 bits per heavy atom. The summed E-state index contributed by atoms with van der Waals surface area (Å²) in [4.78, 5) is 24.2. The highest BCUT2D eigenvalue weighted by atomic mass is 19.1. The number of aryl methyl sites for hydroxylation is 1. The molecular formula is C12H15FN2O2. The number of hydrogen-bond donors (Lipinski definition) is 1. The smallest absolute Gasteiger partial charge is 0.257 e. The predicted octanol–water partition coefficient (Wildman–Crippen LogP) is 0.952. The maximum absolute atomic E-state index is 13.5. The molecule has 17 heavy (non-hydrogen) atoms. The van der Waals surface area contributed by atoms with Gasteiger partial charge in [0.05, 0.1) is 12.1 Å². The Morgan fingerprint density at radius 2 is 2.06 bits per heavy atom. The lowest BCUT2D eigenvalue weighted by atomic mass is 10.1. The summed E-state index contributed by atoms with van der Waals surface area (Å²) in [6, 6.07) is 4.30. The highest BCUT2D eigenvalue weighted by molar-refractivity contribution is 5.96. The molecule has 0 saturated carbocycles. The van der Waals surface area contributed by atoms with Crippen molar-refractivity contribution in [3.8, 4) is 0 Å². The van der Waals surface area contributed by atoms with Crippen LogP contribution < -0.4 is 5.32 Å². The highest BCUT2D eigenvalue weighted by Gasteiger charge is 2.17. The van der Waals surface area contributed by atoms with Gasteiger partial charge in [-0.3, -0.25) is 9.59 Å². The normalized spacial score (nSPS) is 9.88. The second-order valence-electron chi connectivity index (χ2n) is 3.82. The molecule has 0 aliphatic carbocycles. The van der Waals surface area contributed by atoms with Gasteiger partial charge < -0.3 is 10.2 Å². The Morgan fingerprint density at radius 1 is 1.41 bits per heavy atom. The molecule has 92 valence electrons. The van der Waals surface area contributed by atoms with Gasteiger partial charge in [0.2, 0.25) is 5.91 Å². The maximum Gasteiger partial charge on any atom is 0.257 e. The van der Waals surface area contributed by atoms with Crippen molar-refractivity contribution in [3.63, 3.8) is 0 Å². The third-order valence-electron chi connectivity index (χ3n) is 2.36. The monoisotopic (exact) mass is 238 g/mol. The van der Waals surface area contributed by atoms with Crippen LogP contribution in [0.5, 0.6) is 0 Å². The molecule has 1 N–H and O–H groups in total. The average Bonchev–Trinajstić information content (AvgIpc) is 2.31. The zero-order chi connectivity index (χ0) is 13.0. The first-order valence-electron chi connectivity index (χ1n) is 5.18. The van der Waals surface area contributed by atoms with Crippen LogP contribution in [0.15, 0.2) is 18.2 Å². The topological polar surface area (TPSA) is 49.4 Å². The number of rotatable bonds is 3. The largest absolute Gasteiger partial charge is 0.358 e. The second kappa shape index (κ2) is 5.43. The fourth-order valence-electron chi connectivity index (χ4n) is 1.37. The van der Waals surface area contributed by atoms with Crippen molar-refractivity contribution in [2.24, 2.45) is 0 Å². The number of hydrogen-bond acceptors (Lipinski definition) is 2. The highest BCUT2D eigenvalue weighted by Crippen LogP contribution is 2.12. The molecular weight excluding hydrogens is 223 g/mol. The van der Waals surface area contributed by atoms with E-state index in [1.54, 1.807) is 13.0 Å². The van der Waals surface area contributed by atoms with E-state index in [9.17, 15) is 14.0 Å². The summed E-state index contributed by atoms with van der Waals surface area (Å²) >= 11 is 0. The molecule has 0 spiro atoms. The number of carbonyl (C=O) groups is 2. The minimum Gasteiger partial charge on any atom is -0.358 e. The van der Waals surface area contributed by atoms with Gasteiger partial charge in [-0.1, -0.05) is 11.6 Å². The van der Waals surface area contributed by atoms with E-state index in [-0.39, 0.29) is 18.0 Å².